The van der Waals surface area contributed by atoms with Crippen molar-refractivity contribution < 1.29 is 29.7 Å². The molecule has 4 N–H and O–H groups in total. The molecule has 0 aliphatic carbocycles. The van der Waals surface area contributed by atoms with Crippen molar-refractivity contribution in [3.05, 3.63) is 21.7 Å². The molecule has 4 atom stereocenters. The fraction of sp³-hybridized carbons (Fsp3) is 0.579. The summed E-state index contributed by atoms with van der Waals surface area (Å²) in [5.74, 6) is -2.50. The summed E-state index contributed by atoms with van der Waals surface area (Å²) in [5.41, 5.74) is 0.344. The molecule has 31 heavy (non-hydrogen) atoms. The predicted molar refractivity (Wildman–Crippen MR) is 115 cm³/mol. The van der Waals surface area contributed by atoms with Gasteiger partial charge in [0.1, 0.15) is 11.4 Å². The monoisotopic (exact) mass is 468 g/mol. The molecule has 4 rings (SSSR count). The van der Waals surface area contributed by atoms with E-state index in [-0.39, 0.29) is 47.9 Å². The number of carbonyl (C=O) groups is 3. The van der Waals surface area contributed by atoms with Gasteiger partial charge in [0, 0.05) is 41.1 Å². The van der Waals surface area contributed by atoms with Crippen LogP contribution in [0.3, 0.4) is 0 Å². The summed E-state index contributed by atoms with van der Waals surface area (Å²) in [6, 6.07) is -0.309. The molecular weight excluding hydrogens is 444 g/mol. The van der Waals surface area contributed by atoms with Gasteiger partial charge in [-0.3, -0.25) is 9.59 Å². The molecule has 4 heterocycles. The number of carbonyl (C=O) groups excluding carboxylic acids is 2. The molecular formula is C19H24N4O6S2. The standard InChI is InChI=1S/C19H24N4O6S2/c1-8-13-12(9(2)25)17(27)23(13)14(18(28)29)15(8)31-10-5-22(6-10)19-21-11(7-30-19)16(26)20-3-4-24/h7-10,12-13,24-25H,3-6H2,1-2H3,(H,20,26)(H,28,29)/t8-,9-,12-,13-/m1/s1. The minimum atomic E-state index is -1.12. The number of aliphatic hydroxyl groups excluding tert-OH is 2. The molecule has 0 spiro atoms. The van der Waals surface area contributed by atoms with Gasteiger partial charge < -0.3 is 30.4 Å². The summed E-state index contributed by atoms with van der Waals surface area (Å²) < 4.78 is 0. The number of fused-ring (bicyclic) bond motifs is 1. The second kappa shape index (κ2) is 8.41. The van der Waals surface area contributed by atoms with Crippen LogP contribution in [-0.2, 0) is 9.59 Å². The number of carboxylic acid groups (broad SMARTS) is 1. The van der Waals surface area contributed by atoms with Crippen LogP contribution in [0, 0.1) is 11.8 Å². The minimum Gasteiger partial charge on any atom is -0.477 e. The maximum absolute atomic E-state index is 12.4. The Morgan fingerprint density at radius 2 is 2.13 bits per heavy atom. The molecule has 2 fully saturated rings. The van der Waals surface area contributed by atoms with Crippen molar-refractivity contribution in [2.45, 2.75) is 31.2 Å². The molecule has 3 aliphatic heterocycles. The molecule has 1 aromatic heterocycles. The van der Waals surface area contributed by atoms with Crippen molar-refractivity contribution in [2.75, 3.05) is 31.1 Å². The first-order chi connectivity index (χ1) is 14.7. The van der Waals surface area contributed by atoms with Gasteiger partial charge in [-0.05, 0) is 6.92 Å². The van der Waals surface area contributed by atoms with Crippen LogP contribution in [0.2, 0.25) is 0 Å². The number of carboxylic acids is 1. The number of thiazole rings is 1. The Kier molecular flexibility index (Phi) is 5.99. The number of rotatable bonds is 8. The molecule has 0 bridgehead atoms. The van der Waals surface area contributed by atoms with E-state index in [1.165, 1.54) is 28.0 Å². The summed E-state index contributed by atoms with van der Waals surface area (Å²) in [5, 5.41) is 33.5. The highest BCUT2D eigenvalue weighted by Gasteiger charge is 2.60. The van der Waals surface area contributed by atoms with Crippen molar-refractivity contribution in [1.29, 1.82) is 0 Å². The van der Waals surface area contributed by atoms with Crippen molar-refractivity contribution in [3.8, 4) is 0 Å². The minimum absolute atomic E-state index is 0.0416. The normalized spacial score (nSPS) is 26.5. The largest absolute Gasteiger partial charge is 0.477 e. The zero-order valence-electron chi connectivity index (χ0n) is 17.0. The Morgan fingerprint density at radius 1 is 1.42 bits per heavy atom. The van der Waals surface area contributed by atoms with Gasteiger partial charge in [0.15, 0.2) is 5.13 Å². The highest BCUT2D eigenvalue weighted by Crippen LogP contribution is 2.52. The Morgan fingerprint density at radius 3 is 2.74 bits per heavy atom. The van der Waals surface area contributed by atoms with E-state index in [1.54, 1.807) is 12.3 Å². The first-order valence-corrected chi connectivity index (χ1v) is 11.7. The smallest absolute Gasteiger partial charge is 0.353 e. The fourth-order valence-electron chi connectivity index (χ4n) is 4.30. The molecule has 2 saturated heterocycles. The second-order valence-corrected chi connectivity index (χ2v) is 10.1. The Hall–Kier alpha value is -2.15. The van der Waals surface area contributed by atoms with Crippen molar-refractivity contribution in [1.82, 2.24) is 15.2 Å². The lowest BCUT2D eigenvalue weighted by atomic mass is 9.79. The molecule has 12 heteroatoms. The lowest BCUT2D eigenvalue weighted by molar-refractivity contribution is -0.163. The van der Waals surface area contributed by atoms with E-state index in [4.69, 9.17) is 5.11 Å². The quantitative estimate of drug-likeness (QED) is 0.386. The van der Waals surface area contributed by atoms with Gasteiger partial charge in [0.05, 0.1) is 24.7 Å². The third kappa shape index (κ3) is 3.71. The van der Waals surface area contributed by atoms with Crippen LogP contribution >= 0.6 is 23.1 Å². The molecule has 168 valence electrons. The van der Waals surface area contributed by atoms with Gasteiger partial charge in [0.2, 0.25) is 5.91 Å². The number of aliphatic hydroxyl groups is 2. The number of anilines is 1. The average Bonchev–Trinajstić information content (AvgIpc) is 3.24. The number of amides is 2. The van der Waals surface area contributed by atoms with Crippen LogP contribution in [0.5, 0.6) is 0 Å². The van der Waals surface area contributed by atoms with Crippen LogP contribution < -0.4 is 10.2 Å². The van der Waals surface area contributed by atoms with Crippen LogP contribution in [0.25, 0.3) is 0 Å². The molecule has 10 nitrogen and oxygen atoms in total. The van der Waals surface area contributed by atoms with E-state index in [2.05, 4.69) is 10.3 Å². The number of nitrogens with one attached hydrogen (secondary N) is 1. The van der Waals surface area contributed by atoms with Crippen LogP contribution in [-0.4, -0.2) is 86.6 Å². The fourth-order valence-corrected chi connectivity index (χ4v) is 6.65. The van der Waals surface area contributed by atoms with Gasteiger partial charge in [0.25, 0.3) is 5.91 Å². The lowest BCUT2D eigenvalue weighted by Crippen LogP contribution is -2.63. The SMILES string of the molecule is C[C@@H](O)[C@H]1C(=O)N2C(C(=O)O)=C(SC3CN(c4nc(C(=O)NCCO)cs4)C3)[C@H](C)[C@H]12. The first kappa shape index (κ1) is 22.1. The van der Waals surface area contributed by atoms with Crippen LogP contribution in [0.4, 0.5) is 5.13 Å². The van der Waals surface area contributed by atoms with Crippen LogP contribution in [0.1, 0.15) is 24.3 Å². The number of thioether (sulfide) groups is 1. The molecule has 0 saturated carbocycles. The van der Waals surface area contributed by atoms with Crippen molar-refractivity contribution >= 4 is 46.0 Å². The van der Waals surface area contributed by atoms with Crippen molar-refractivity contribution in [2.24, 2.45) is 11.8 Å². The van der Waals surface area contributed by atoms with Gasteiger partial charge in [-0.25, -0.2) is 9.78 Å². The Bertz CT molecular complexity index is 942. The second-order valence-electron chi connectivity index (χ2n) is 7.91. The van der Waals surface area contributed by atoms with Gasteiger partial charge in [-0.15, -0.1) is 23.1 Å². The topological polar surface area (TPSA) is 143 Å². The van der Waals surface area contributed by atoms with E-state index >= 15 is 0 Å². The van der Waals surface area contributed by atoms with Crippen molar-refractivity contribution in [3.63, 3.8) is 0 Å². The number of hydrogen-bond donors (Lipinski definition) is 4. The van der Waals surface area contributed by atoms with E-state index in [0.717, 1.165) is 0 Å². The van der Waals surface area contributed by atoms with E-state index in [1.807, 2.05) is 11.8 Å². The van der Waals surface area contributed by atoms with E-state index in [0.29, 0.717) is 28.8 Å². The zero-order valence-corrected chi connectivity index (χ0v) is 18.7. The summed E-state index contributed by atoms with van der Waals surface area (Å²) in [4.78, 5) is 44.6. The summed E-state index contributed by atoms with van der Waals surface area (Å²) in [6.45, 7) is 4.81. The maximum atomic E-state index is 12.4. The molecule has 1 aromatic rings. The summed E-state index contributed by atoms with van der Waals surface area (Å²) in [7, 11) is 0. The molecule has 0 unspecified atom stereocenters. The molecule has 0 radical (unpaired) electrons. The lowest BCUT2D eigenvalue weighted by Gasteiger charge is -2.46. The maximum Gasteiger partial charge on any atom is 0.353 e. The average molecular weight is 469 g/mol. The zero-order chi connectivity index (χ0) is 22.4. The predicted octanol–water partition coefficient (Wildman–Crippen LogP) is -0.0593. The number of nitrogens with zero attached hydrogens (tertiary/aromatic N) is 3. The van der Waals surface area contributed by atoms with Gasteiger partial charge in [-0.2, -0.15) is 0 Å². The summed E-state index contributed by atoms with van der Waals surface area (Å²) >= 11 is 2.83. The number of aromatic nitrogens is 1. The number of β-lactam (4-membered cyclic amide) rings is 1. The summed E-state index contributed by atoms with van der Waals surface area (Å²) in [6.07, 6.45) is -0.816. The van der Waals surface area contributed by atoms with E-state index in [9.17, 15) is 24.6 Å². The highest BCUT2D eigenvalue weighted by molar-refractivity contribution is 8.03. The Labute approximate surface area is 186 Å². The van der Waals surface area contributed by atoms with E-state index < -0.39 is 18.0 Å². The van der Waals surface area contributed by atoms with Gasteiger partial charge in [-0.1, -0.05) is 6.92 Å². The molecule has 3 aliphatic rings. The molecule has 0 aromatic carbocycles. The Balaban J connectivity index is 1.40. The highest BCUT2D eigenvalue weighted by atomic mass is 32.2. The third-order valence-electron chi connectivity index (χ3n) is 5.85. The third-order valence-corrected chi connectivity index (χ3v) is 8.20. The van der Waals surface area contributed by atoms with Gasteiger partial charge >= 0.3 is 5.97 Å². The number of aliphatic carboxylic acids is 1. The first-order valence-electron chi connectivity index (χ1n) is 9.99. The molecule has 2 amide bonds. The van der Waals surface area contributed by atoms with Crippen LogP contribution in [0.15, 0.2) is 16.0 Å². The number of hydrogen-bond acceptors (Lipinski definition) is 9.